The number of anilines is 1. The fourth-order valence-corrected chi connectivity index (χ4v) is 3.56. The smallest absolute Gasteiger partial charge is 0.228 e. The molecule has 1 heterocycles. The lowest BCUT2D eigenvalue weighted by molar-refractivity contribution is -0.128. The summed E-state index contributed by atoms with van der Waals surface area (Å²) in [5.74, 6) is -0.333. The Morgan fingerprint density at radius 2 is 1.70 bits per heavy atom. The molecular weight excluding hydrogens is 340 g/mol. The van der Waals surface area contributed by atoms with Crippen LogP contribution in [0.1, 0.15) is 32.4 Å². The average Bonchev–Trinajstić information content (AvgIpc) is 3.04. The van der Waals surface area contributed by atoms with Crippen LogP contribution in [0.2, 0.25) is 0 Å². The monoisotopic (exact) mass is 368 g/mol. The second kappa shape index (κ2) is 8.55. The van der Waals surface area contributed by atoms with Crippen LogP contribution < -0.4 is 10.4 Å². The number of aliphatic hydroxyl groups excluding tert-OH is 1. The Kier molecular flexibility index (Phi) is 6.14. The number of hydrogen-bond donors (Lipinski definition) is 2. The topological polar surface area (TPSA) is 61.8 Å². The fourth-order valence-electron chi connectivity index (χ4n) is 3.56. The minimum atomic E-state index is -0.389. The molecule has 5 heteroatoms. The Hall–Kier alpha value is -2.37. The van der Waals surface area contributed by atoms with E-state index in [1.54, 1.807) is 0 Å². The molecule has 1 saturated heterocycles. The molecule has 0 saturated carbocycles. The van der Waals surface area contributed by atoms with E-state index in [4.69, 9.17) is 4.84 Å². The molecule has 0 bridgehead atoms. The highest BCUT2D eigenvalue weighted by Crippen LogP contribution is 2.42. The zero-order chi connectivity index (χ0) is 19.4. The molecule has 0 aliphatic carbocycles. The Bertz CT molecular complexity index is 736. The number of para-hydroxylation sites is 1. The van der Waals surface area contributed by atoms with Crippen molar-refractivity contribution in [3.63, 3.8) is 0 Å². The summed E-state index contributed by atoms with van der Waals surface area (Å²) in [4.78, 5) is 19.3. The summed E-state index contributed by atoms with van der Waals surface area (Å²) in [7, 11) is 0. The van der Waals surface area contributed by atoms with Gasteiger partial charge in [0, 0.05) is 0 Å². The molecule has 1 fully saturated rings. The molecule has 27 heavy (non-hydrogen) atoms. The van der Waals surface area contributed by atoms with Crippen LogP contribution in [0.3, 0.4) is 0 Å². The minimum absolute atomic E-state index is 0.0796. The van der Waals surface area contributed by atoms with Gasteiger partial charge in [-0.25, -0.2) is 5.06 Å². The number of aliphatic hydroxyl groups is 1. The normalized spacial score (nSPS) is 23.4. The van der Waals surface area contributed by atoms with Gasteiger partial charge in [-0.1, -0.05) is 62.4 Å². The van der Waals surface area contributed by atoms with Gasteiger partial charge in [-0.05, 0) is 30.5 Å². The van der Waals surface area contributed by atoms with Crippen molar-refractivity contribution in [2.75, 3.05) is 11.7 Å². The van der Waals surface area contributed by atoms with Gasteiger partial charge in [-0.15, -0.1) is 0 Å². The minimum Gasteiger partial charge on any atom is -0.394 e. The molecule has 1 amide bonds. The van der Waals surface area contributed by atoms with Crippen molar-refractivity contribution in [3.05, 3.63) is 66.2 Å². The molecule has 2 N–H and O–H groups in total. The van der Waals surface area contributed by atoms with Crippen LogP contribution in [0.25, 0.3) is 0 Å². The summed E-state index contributed by atoms with van der Waals surface area (Å²) in [6.07, 6.45) is -0.290. The van der Waals surface area contributed by atoms with Crippen molar-refractivity contribution in [1.82, 2.24) is 5.32 Å². The molecule has 0 radical (unpaired) electrons. The van der Waals surface area contributed by atoms with Crippen LogP contribution >= 0.6 is 0 Å². The standard InChI is InChI=1S/C22H28N2O3/c1-15(2)19(14-25)23-22(26)20-16(3)27-24(18-12-8-5-9-13-18)21(20)17-10-6-4-7-11-17/h4-13,15-16,19-21,25H,14H2,1-3H3,(H,23,26)/t16-,19-,20-,21-/m1/s1. The number of carbonyl (C=O) groups is 1. The van der Waals surface area contributed by atoms with Crippen molar-refractivity contribution < 1.29 is 14.7 Å². The van der Waals surface area contributed by atoms with Gasteiger partial charge in [0.15, 0.2) is 0 Å². The predicted octanol–water partition coefficient (Wildman–Crippen LogP) is 3.32. The van der Waals surface area contributed by atoms with Gasteiger partial charge in [-0.3, -0.25) is 9.63 Å². The molecule has 0 spiro atoms. The largest absolute Gasteiger partial charge is 0.394 e. The third-order valence-electron chi connectivity index (χ3n) is 5.16. The summed E-state index contributed by atoms with van der Waals surface area (Å²) in [6.45, 7) is 5.82. The Morgan fingerprint density at radius 1 is 1.11 bits per heavy atom. The van der Waals surface area contributed by atoms with E-state index < -0.39 is 0 Å². The van der Waals surface area contributed by atoms with Crippen LogP contribution in [-0.2, 0) is 9.63 Å². The van der Waals surface area contributed by atoms with Crippen molar-refractivity contribution in [1.29, 1.82) is 0 Å². The summed E-state index contributed by atoms with van der Waals surface area (Å²) in [5, 5.41) is 14.5. The van der Waals surface area contributed by atoms with Crippen LogP contribution in [0.15, 0.2) is 60.7 Å². The van der Waals surface area contributed by atoms with Gasteiger partial charge >= 0.3 is 0 Å². The van der Waals surface area contributed by atoms with Gasteiger partial charge in [0.05, 0.1) is 36.4 Å². The average molecular weight is 368 g/mol. The molecule has 0 aromatic heterocycles. The highest BCUT2D eigenvalue weighted by molar-refractivity contribution is 5.82. The lowest BCUT2D eigenvalue weighted by atomic mass is 9.88. The summed E-state index contributed by atoms with van der Waals surface area (Å²) >= 11 is 0. The molecule has 1 aliphatic heterocycles. The quantitative estimate of drug-likeness (QED) is 0.821. The van der Waals surface area contributed by atoms with E-state index in [2.05, 4.69) is 5.32 Å². The number of hydrogen-bond acceptors (Lipinski definition) is 4. The maximum Gasteiger partial charge on any atom is 0.228 e. The molecule has 2 aromatic rings. The van der Waals surface area contributed by atoms with E-state index in [0.29, 0.717) is 0 Å². The number of rotatable bonds is 6. The third kappa shape index (κ3) is 4.15. The van der Waals surface area contributed by atoms with Gasteiger partial charge in [-0.2, -0.15) is 0 Å². The first-order valence-corrected chi connectivity index (χ1v) is 9.50. The van der Waals surface area contributed by atoms with Crippen molar-refractivity contribution >= 4 is 11.6 Å². The van der Waals surface area contributed by atoms with Gasteiger partial charge in [0.25, 0.3) is 0 Å². The molecule has 0 unspecified atom stereocenters. The Balaban J connectivity index is 1.95. The summed E-state index contributed by atoms with van der Waals surface area (Å²) in [6, 6.07) is 19.3. The van der Waals surface area contributed by atoms with Crippen LogP contribution in [0.5, 0.6) is 0 Å². The fraction of sp³-hybridized carbons (Fsp3) is 0.409. The maximum atomic E-state index is 13.2. The molecule has 144 valence electrons. The van der Waals surface area contributed by atoms with Gasteiger partial charge < -0.3 is 10.4 Å². The van der Waals surface area contributed by atoms with E-state index >= 15 is 0 Å². The Morgan fingerprint density at radius 3 is 2.26 bits per heavy atom. The van der Waals surface area contributed by atoms with Crippen LogP contribution in [0, 0.1) is 11.8 Å². The highest BCUT2D eigenvalue weighted by Gasteiger charge is 2.46. The summed E-state index contributed by atoms with van der Waals surface area (Å²) in [5.41, 5.74) is 1.94. The van der Waals surface area contributed by atoms with Crippen LogP contribution in [-0.4, -0.2) is 29.8 Å². The Labute approximate surface area is 160 Å². The second-order valence-corrected chi connectivity index (χ2v) is 7.39. The maximum absolute atomic E-state index is 13.2. The highest BCUT2D eigenvalue weighted by atomic mass is 16.7. The lowest BCUT2D eigenvalue weighted by Crippen LogP contribution is -2.46. The van der Waals surface area contributed by atoms with Crippen LogP contribution in [0.4, 0.5) is 5.69 Å². The predicted molar refractivity (Wildman–Crippen MR) is 106 cm³/mol. The van der Waals surface area contributed by atoms with Crippen molar-refractivity contribution in [2.45, 2.75) is 39.0 Å². The van der Waals surface area contributed by atoms with Gasteiger partial charge in [0.1, 0.15) is 0 Å². The second-order valence-electron chi connectivity index (χ2n) is 7.39. The number of benzene rings is 2. The van der Waals surface area contributed by atoms with Crippen molar-refractivity contribution in [3.8, 4) is 0 Å². The van der Waals surface area contributed by atoms with E-state index in [1.807, 2.05) is 86.5 Å². The molecule has 3 rings (SSSR count). The SMILES string of the molecule is CC(C)[C@@H](CO)NC(=O)[C@H]1[C@@H](c2ccccc2)N(c2ccccc2)O[C@@H]1C. The first kappa shape index (κ1) is 19.4. The molecule has 4 atom stereocenters. The van der Waals surface area contributed by atoms with E-state index in [0.717, 1.165) is 11.3 Å². The van der Waals surface area contributed by atoms with E-state index in [-0.39, 0.29) is 42.5 Å². The zero-order valence-electron chi connectivity index (χ0n) is 16.1. The third-order valence-corrected chi connectivity index (χ3v) is 5.16. The van der Waals surface area contributed by atoms with Crippen molar-refractivity contribution in [2.24, 2.45) is 11.8 Å². The molecule has 5 nitrogen and oxygen atoms in total. The molecule has 1 aliphatic rings. The number of hydroxylamine groups is 1. The first-order valence-electron chi connectivity index (χ1n) is 9.50. The van der Waals surface area contributed by atoms with Gasteiger partial charge in [0.2, 0.25) is 5.91 Å². The van der Waals surface area contributed by atoms with E-state index in [9.17, 15) is 9.90 Å². The summed E-state index contributed by atoms with van der Waals surface area (Å²) < 4.78 is 0. The number of carbonyl (C=O) groups excluding carboxylic acids is 1. The zero-order valence-corrected chi connectivity index (χ0v) is 16.1. The number of amides is 1. The molecule has 2 aromatic carbocycles. The number of nitrogens with one attached hydrogen (secondary N) is 1. The number of nitrogens with zero attached hydrogens (tertiary/aromatic N) is 1. The molecular formula is C22H28N2O3. The van der Waals surface area contributed by atoms with E-state index in [1.165, 1.54) is 0 Å². The first-order chi connectivity index (χ1) is 13.0. The lowest BCUT2D eigenvalue weighted by Gasteiger charge is -2.28.